The molecular formula is C16H21NO2. The summed E-state index contributed by atoms with van der Waals surface area (Å²) in [6, 6.07) is 7.08. The molecule has 0 aliphatic carbocycles. The van der Waals surface area contributed by atoms with Gasteiger partial charge >= 0.3 is 5.97 Å². The molecule has 0 saturated carbocycles. The van der Waals surface area contributed by atoms with Crippen molar-refractivity contribution >= 4 is 5.97 Å². The van der Waals surface area contributed by atoms with Crippen molar-refractivity contribution < 1.29 is 9.53 Å². The van der Waals surface area contributed by atoms with E-state index in [1.807, 2.05) is 45.0 Å². The lowest BCUT2D eigenvalue weighted by Crippen LogP contribution is -2.38. The lowest BCUT2D eigenvalue weighted by molar-refractivity contribution is -0.156. The predicted octanol–water partition coefficient (Wildman–Crippen LogP) is 2.27. The van der Waals surface area contributed by atoms with E-state index < -0.39 is 11.6 Å². The van der Waals surface area contributed by atoms with Crippen molar-refractivity contribution in [3.05, 3.63) is 35.4 Å². The number of carbonyl (C=O) groups excluding carboxylic acids is 1. The van der Waals surface area contributed by atoms with Gasteiger partial charge in [-0.2, -0.15) is 0 Å². The molecule has 1 atom stereocenters. The van der Waals surface area contributed by atoms with Crippen LogP contribution in [0.25, 0.3) is 0 Å². The summed E-state index contributed by atoms with van der Waals surface area (Å²) in [5.74, 6) is 5.44. The molecule has 102 valence electrons. The normalized spacial score (nSPS) is 12.3. The van der Waals surface area contributed by atoms with E-state index in [0.717, 1.165) is 11.1 Å². The summed E-state index contributed by atoms with van der Waals surface area (Å²) in [5.41, 5.74) is 7.30. The third-order valence-electron chi connectivity index (χ3n) is 2.39. The molecule has 0 saturated heterocycles. The van der Waals surface area contributed by atoms with Crippen molar-refractivity contribution in [3.63, 3.8) is 0 Å². The monoisotopic (exact) mass is 259 g/mol. The molecule has 2 N–H and O–H groups in total. The second-order valence-electron chi connectivity index (χ2n) is 5.42. The molecule has 19 heavy (non-hydrogen) atoms. The molecule has 0 fully saturated rings. The molecule has 0 aliphatic heterocycles. The quantitative estimate of drug-likeness (QED) is 0.669. The summed E-state index contributed by atoms with van der Waals surface area (Å²) in [7, 11) is 0. The van der Waals surface area contributed by atoms with Crippen LogP contribution in [0.5, 0.6) is 0 Å². The summed E-state index contributed by atoms with van der Waals surface area (Å²) in [5, 5.41) is 0. The van der Waals surface area contributed by atoms with Gasteiger partial charge in [-0.1, -0.05) is 18.1 Å². The Morgan fingerprint density at radius 2 is 1.89 bits per heavy atom. The van der Waals surface area contributed by atoms with E-state index in [1.165, 1.54) is 0 Å². The maximum atomic E-state index is 11.8. The highest BCUT2D eigenvalue weighted by Crippen LogP contribution is 2.11. The van der Waals surface area contributed by atoms with Gasteiger partial charge in [-0.15, -0.1) is 5.92 Å². The first-order valence-corrected chi connectivity index (χ1v) is 6.32. The highest BCUT2D eigenvalue weighted by molar-refractivity contribution is 5.76. The van der Waals surface area contributed by atoms with Crippen LogP contribution in [0.15, 0.2) is 24.3 Å². The minimum Gasteiger partial charge on any atom is -0.459 e. The van der Waals surface area contributed by atoms with Gasteiger partial charge in [0.25, 0.3) is 0 Å². The Kier molecular flexibility index (Phi) is 5.14. The summed E-state index contributed by atoms with van der Waals surface area (Å²) in [6.45, 7) is 7.29. The van der Waals surface area contributed by atoms with E-state index in [9.17, 15) is 4.79 Å². The summed E-state index contributed by atoms with van der Waals surface area (Å²) >= 11 is 0. The number of carbonyl (C=O) groups is 1. The molecule has 1 unspecified atom stereocenters. The fourth-order valence-corrected chi connectivity index (χ4v) is 1.58. The fraction of sp³-hybridized carbons (Fsp3) is 0.438. The molecule has 0 amide bonds. The average Bonchev–Trinajstić information content (AvgIpc) is 2.29. The first-order chi connectivity index (χ1) is 8.81. The molecule has 3 heteroatoms. The third-order valence-corrected chi connectivity index (χ3v) is 2.39. The minimum absolute atomic E-state index is 0.370. The largest absolute Gasteiger partial charge is 0.459 e. The van der Waals surface area contributed by atoms with Gasteiger partial charge in [0.05, 0.1) is 0 Å². The summed E-state index contributed by atoms with van der Waals surface area (Å²) in [6.07, 6.45) is 0.467. The number of rotatable bonds is 3. The molecule has 3 nitrogen and oxygen atoms in total. The number of nitrogens with two attached hydrogens (primary N) is 1. The van der Waals surface area contributed by atoms with E-state index in [-0.39, 0.29) is 5.97 Å². The van der Waals surface area contributed by atoms with Crippen LogP contribution in [-0.2, 0) is 16.0 Å². The molecule has 0 spiro atoms. The van der Waals surface area contributed by atoms with Crippen molar-refractivity contribution in [1.82, 2.24) is 0 Å². The molecule has 0 bridgehead atoms. The maximum Gasteiger partial charge on any atom is 0.323 e. The van der Waals surface area contributed by atoms with Gasteiger partial charge in [0.2, 0.25) is 0 Å². The molecule has 0 aromatic heterocycles. The molecule has 0 radical (unpaired) electrons. The Morgan fingerprint density at radius 1 is 1.32 bits per heavy atom. The lowest BCUT2D eigenvalue weighted by atomic mass is 10.0. The van der Waals surface area contributed by atoms with Gasteiger partial charge in [-0.3, -0.25) is 4.79 Å². The topological polar surface area (TPSA) is 52.3 Å². The Morgan fingerprint density at radius 3 is 2.37 bits per heavy atom. The van der Waals surface area contributed by atoms with Crippen molar-refractivity contribution in [2.75, 3.05) is 0 Å². The Labute approximate surface area is 115 Å². The van der Waals surface area contributed by atoms with Crippen molar-refractivity contribution in [2.24, 2.45) is 5.73 Å². The lowest BCUT2D eigenvalue weighted by Gasteiger charge is -2.22. The van der Waals surface area contributed by atoms with Crippen LogP contribution >= 0.6 is 0 Å². The number of ether oxygens (including phenoxy) is 1. The van der Waals surface area contributed by atoms with E-state index in [2.05, 4.69) is 11.8 Å². The minimum atomic E-state index is -0.637. The van der Waals surface area contributed by atoms with Crippen molar-refractivity contribution in [2.45, 2.75) is 45.8 Å². The van der Waals surface area contributed by atoms with Gasteiger partial charge in [-0.05, 0) is 51.8 Å². The first kappa shape index (κ1) is 15.3. The van der Waals surface area contributed by atoms with Gasteiger partial charge in [0, 0.05) is 5.56 Å². The van der Waals surface area contributed by atoms with Crippen LogP contribution in [0.2, 0.25) is 0 Å². The van der Waals surface area contributed by atoms with Crippen LogP contribution < -0.4 is 5.73 Å². The maximum absolute atomic E-state index is 11.8. The van der Waals surface area contributed by atoms with E-state index in [1.54, 1.807) is 6.92 Å². The average molecular weight is 259 g/mol. The number of hydrogen-bond donors (Lipinski definition) is 1. The second kappa shape index (κ2) is 6.40. The van der Waals surface area contributed by atoms with E-state index in [0.29, 0.717) is 6.42 Å². The zero-order valence-corrected chi connectivity index (χ0v) is 12.0. The summed E-state index contributed by atoms with van der Waals surface area (Å²) in [4.78, 5) is 11.8. The highest BCUT2D eigenvalue weighted by Gasteiger charge is 2.22. The Hall–Kier alpha value is -1.79. The standard InChI is InChI=1S/C16H21NO2/c1-5-6-12-7-9-13(10-8-12)11-14(17)15(18)19-16(2,3)4/h7-10,14H,11,17H2,1-4H3. The fourth-order valence-electron chi connectivity index (χ4n) is 1.58. The molecule has 1 aromatic rings. The molecule has 1 aromatic carbocycles. The predicted molar refractivity (Wildman–Crippen MR) is 76.5 cm³/mol. The SMILES string of the molecule is CC#Cc1ccc(CC(N)C(=O)OC(C)(C)C)cc1. The first-order valence-electron chi connectivity index (χ1n) is 6.32. The summed E-state index contributed by atoms with van der Waals surface area (Å²) < 4.78 is 5.25. The Bertz CT molecular complexity index is 486. The zero-order chi connectivity index (χ0) is 14.5. The number of esters is 1. The molecule has 0 heterocycles. The van der Waals surface area contributed by atoms with Gasteiger partial charge in [0.1, 0.15) is 11.6 Å². The van der Waals surface area contributed by atoms with Gasteiger partial charge < -0.3 is 10.5 Å². The Balaban J connectivity index is 2.63. The van der Waals surface area contributed by atoms with Crippen LogP contribution in [0.1, 0.15) is 38.8 Å². The third kappa shape index (κ3) is 5.58. The van der Waals surface area contributed by atoms with Crippen LogP contribution in [0, 0.1) is 11.8 Å². The van der Waals surface area contributed by atoms with E-state index in [4.69, 9.17) is 10.5 Å². The van der Waals surface area contributed by atoms with Gasteiger partial charge in [-0.25, -0.2) is 0 Å². The second-order valence-corrected chi connectivity index (χ2v) is 5.42. The smallest absolute Gasteiger partial charge is 0.323 e. The number of hydrogen-bond acceptors (Lipinski definition) is 3. The molecule has 0 aliphatic rings. The van der Waals surface area contributed by atoms with Crippen LogP contribution in [0.4, 0.5) is 0 Å². The van der Waals surface area contributed by atoms with Crippen LogP contribution in [0.3, 0.4) is 0 Å². The molecule has 1 rings (SSSR count). The molecular weight excluding hydrogens is 238 g/mol. The number of benzene rings is 1. The highest BCUT2D eigenvalue weighted by atomic mass is 16.6. The van der Waals surface area contributed by atoms with Crippen LogP contribution in [-0.4, -0.2) is 17.6 Å². The van der Waals surface area contributed by atoms with E-state index >= 15 is 0 Å². The van der Waals surface area contributed by atoms with Crippen molar-refractivity contribution in [1.29, 1.82) is 0 Å². The van der Waals surface area contributed by atoms with Gasteiger partial charge in [0.15, 0.2) is 0 Å². The zero-order valence-electron chi connectivity index (χ0n) is 12.0. The van der Waals surface area contributed by atoms with Crippen molar-refractivity contribution in [3.8, 4) is 11.8 Å².